The third-order valence-electron chi connectivity index (χ3n) is 2.43. The smallest absolute Gasteiger partial charge is 0.408 e. The van der Waals surface area contributed by atoms with Gasteiger partial charge < -0.3 is 9.84 Å². The molecule has 5 nitrogen and oxygen atoms in total. The number of hydrogen-bond acceptors (Lipinski definition) is 3. The minimum absolute atomic E-state index is 0.202. The van der Waals surface area contributed by atoms with Gasteiger partial charge in [-0.1, -0.05) is 6.92 Å². The first-order chi connectivity index (χ1) is 7.20. The number of rotatable bonds is 1. The predicted molar refractivity (Wildman–Crippen MR) is 58.1 cm³/mol. The monoisotopic (exact) mass is 229 g/mol. The molecule has 5 heteroatoms. The molecule has 92 valence electrons. The lowest BCUT2D eigenvalue weighted by atomic mass is 10.1. The SMILES string of the molecule is CC1CC(C(=O)OC(C)(C)C)N(C(=O)O)C1. The van der Waals surface area contributed by atoms with Crippen LogP contribution < -0.4 is 0 Å². The van der Waals surface area contributed by atoms with Gasteiger partial charge in [0.2, 0.25) is 0 Å². The number of carboxylic acid groups (broad SMARTS) is 1. The molecule has 0 aromatic rings. The van der Waals surface area contributed by atoms with Crippen LogP contribution in [0, 0.1) is 5.92 Å². The van der Waals surface area contributed by atoms with Gasteiger partial charge in [0.1, 0.15) is 11.6 Å². The van der Waals surface area contributed by atoms with Crippen LogP contribution in [0.3, 0.4) is 0 Å². The van der Waals surface area contributed by atoms with Crippen LogP contribution >= 0.6 is 0 Å². The molecule has 1 saturated heterocycles. The number of carbonyl (C=O) groups is 2. The van der Waals surface area contributed by atoms with E-state index in [1.807, 2.05) is 6.92 Å². The maximum absolute atomic E-state index is 11.8. The summed E-state index contributed by atoms with van der Waals surface area (Å²) in [6, 6.07) is -0.647. The van der Waals surface area contributed by atoms with E-state index in [1.165, 1.54) is 4.90 Å². The number of nitrogens with zero attached hydrogens (tertiary/aromatic N) is 1. The average Bonchev–Trinajstić information content (AvgIpc) is 2.44. The summed E-state index contributed by atoms with van der Waals surface area (Å²) in [5.41, 5.74) is -0.576. The Morgan fingerprint density at radius 1 is 1.38 bits per heavy atom. The minimum Gasteiger partial charge on any atom is -0.465 e. The van der Waals surface area contributed by atoms with Gasteiger partial charge >= 0.3 is 12.1 Å². The molecular weight excluding hydrogens is 210 g/mol. The maximum atomic E-state index is 11.8. The number of esters is 1. The first-order valence-electron chi connectivity index (χ1n) is 5.43. The zero-order chi connectivity index (χ0) is 12.5. The van der Waals surface area contributed by atoms with E-state index in [0.717, 1.165) is 0 Å². The molecule has 0 saturated carbocycles. The molecule has 0 aromatic carbocycles. The van der Waals surface area contributed by atoms with Gasteiger partial charge in [-0.25, -0.2) is 9.59 Å². The summed E-state index contributed by atoms with van der Waals surface area (Å²) in [4.78, 5) is 23.9. The van der Waals surface area contributed by atoms with Gasteiger partial charge in [0, 0.05) is 6.54 Å². The molecule has 0 aromatic heterocycles. The highest BCUT2D eigenvalue weighted by molar-refractivity contribution is 5.81. The zero-order valence-corrected chi connectivity index (χ0v) is 10.2. The molecule has 1 aliphatic heterocycles. The molecule has 1 aliphatic rings. The number of hydrogen-bond donors (Lipinski definition) is 1. The van der Waals surface area contributed by atoms with Gasteiger partial charge in [0.25, 0.3) is 0 Å². The molecule has 2 atom stereocenters. The first kappa shape index (κ1) is 12.8. The van der Waals surface area contributed by atoms with E-state index in [9.17, 15) is 9.59 Å². The fourth-order valence-corrected chi connectivity index (χ4v) is 1.85. The summed E-state index contributed by atoms with van der Waals surface area (Å²) in [6.07, 6.45) is -0.512. The lowest BCUT2D eigenvalue weighted by Gasteiger charge is -2.25. The van der Waals surface area contributed by atoms with Crippen LogP contribution in [0.4, 0.5) is 4.79 Å². The number of likely N-dealkylation sites (tertiary alicyclic amines) is 1. The molecule has 2 unspecified atom stereocenters. The molecule has 0 aliphatic carbocycles. The molecule has 0 spiro atoms. The Bertz CT molecular complexity index is 295. The molecule has 1 rings (SSSR count). The molecule has 0 bridgehead atoms. The van der Waals surface area contributed by atoms with E-state index >= 15 is 0 Å². The third kappa shape index (κ3) is 3.12. The minimum atomic E-state index is -1.06. The standard InChI is InChI=1S/C11H19NO4/c1-7-5-8(12(6-7)10(14)15)9(13)16-11(2,3)4/h7-8H,5-6H2,1-4H3,(H,14,15). The van der Waals surface area contributed by atoms with E-state index in [0.29, 0.717) is 13.0 Å². The molecular formula is C11H19NO4. The van der Waals surface area contributed by atoms with Crippen molar-refractivity contribution in [2.45, 2.75) is 45.8 Å². The van der Waals surface area contributed by atoms with Crippen molar-refractivity contribution in [2.75, 3.05) is 6.54 Å². The van der Waals surface area contributed by atoms with Crippen LogP contribution in [0.2, 0.25) is 0 Å². The molecule has 1 heterocycles. The Morgan fingerprint density at radius 3 is 2.38 bits per heavy atom. The Kier molecular flexibility index (Phi) is 3.45. The van der Waals surface area contributed by atoms with E-state index in [1.54, 1.807) is 20.8 Å². The number of carbonyl (C=O) groups excluding carboxylic acids is 1. The summed E-state index contributed by atoms with van der Waals surface area (Å²) in [5.74, 6) is -0.243. The summed E-state index contributed by atoms with van der Waals surface area (Å²) < 4.78 is 5.21. The van der Waals surface area contributed by atoms with Crippen LogP contribution in [-0.4, -0.2) is 40.3 Å². The molecule has 0 radical (unpaired) electrons. The van der Waals surface area contributed by atoms with Gasteiger partial charge in [-0.3, -0.25) is 4.90 Å². The van der Waals surface area contributed by atoms with Gasteiger partial charge in [-0.2, -0.15) is 0 Å². The van der Waals surface area contributed by atoms with Crippen molar-refractivity contribution < 1.29 is 19.4 Å². The van der Waals surface area contributed by atoms with Crippen LogP contribution in [0.15, 0.2) is 0 Å². The number of ether oxygens (including phenoxy) is 1. The fourth-order valence-electron chi connectivity index (χ4n) is 1.85. The second kappa shape index (κ2) is 4.31. The highest BCUT2D eigenvalue weighted by Crippen LogP contribution is 2.25. The summed E-state index contributed by atoms with van der Waals surface area (Å²) >= 11 is 0. The summed E-state index contributed by atoms with van der Waals surface area (Å²) in [5, 5.41) is 8.97. The van der Waals surface area contributed by atoms with E-state index in [-0.39, 0.29) is 5.92 Å². The largest absolute Gasteiger partial charge is 0.465 e. The van der Waals surface area contributed by atoms with Gasteiger partial charge in [-0.15, -0.1) is 0 Å². The van der Waals surface area contributed by atoms with Crippen LogP contribution in [0.25, 0.3) is 0 Å². The molecule has 1 N–H and O–H groups in total. The predicted octanol–water partition coefficient (Wildman–Crippen LogP) is 1.72. The van der Waals surface area contributed by atoms with Gasteiger partial charge in [-0.05, 0) is 33.1 Å². The van der Waals surface area contributed by atoms with Crippen LogP contribution in [-0.2, 0) is 9.53 Å². The average molecular weight is 229 g/mol. The van der Waals surface area contributed by atoms with E-state index < -0.39 is 23.7 Å². The Morgan fingerprint density at radius 2 is 1.94 bits per heavy atom. The van der Waals surface area contributed by atoms with Crippen molar-refractivity contribution in [3.05, 3.63) is 0 Å². The molecule has 16 heavy (non-hydrogen) atoms. The summed E-state index contributed by atoms with van der Waals surface area (Å²) in [7, 11) is 0. The van der Waals surface area contributed by atoms with Crippen molar-refractivity contribution in [1.29, 1.82) is 0 Å². The molecule has 1 fully saturated rings. The lowest BCUT2D eigenvalue weighted by Crippen LogP contribution is -2.42. The highest BCUT2D eigenvalue weighted by atomic mass is 16.6. The highest BCUT2D eigenvalue weighted by Gasteiger charge is 2.40. The molecule has 1 amide bonds. The van der Waals surface area contributed by atoms with Crippen LogP contribution in [0.5, 0.6) is 0 Å². The quantitative estimate of drug-likeness (QED) is 0.695. The van der Waals surface area contributed by atoms with Crippen molar-refractivity contribution in [2.24, 2.45) is 5.92 Å². The fraction of sp³-hybridized carbons (Fsp3) is 0.818. The number of amides is 1. The summed E-state index contributed by atoms with van der Waals surface area (Å²) in [6.45, 7) is 7.65. The lowest BCUT2D eigenvalue weighted by molar-refractivity contribution is -0.159. The Hall–Kier alpha value is -1.26. The second-order valence-corrected chi connectivity index (χ2v) is 5.33. The topological polar surface area (TPSA) is 66.8 Å². The van der Waals surface area contributed by atoms with E-state index in [4.69, 9.17) is 9.84 Å². The van der Waals surface area contributed by atoms with Gasteiger partial charge in [0.15, 0.2) is 0 Å². The van der Waals surface area contributed by atoms with Crippen molar-refractivity contribution in [3.8, 4) is 0 Å². The zero-order valence-electron chi connectivity index (χ0n) is 10.2. The van der Waals surface area contributed by atoms with Crippen LogP contribution in [0.1, 0.15) is 34.1 Å². The normalized spacial score (nSPS) is 25.6. The second-order valence-electron chi connectivity index (χ2n) is 5.33. The van der Waals surface area contributed by atoms with Crippen molar-refractivity contribution >= 4 is 12.1 Å². The Balaban J connectivity index is 2.71. The first-order valence-corrected chi connectivity index (χ1v) is 5.43. The van der Waals surface area contributed by atoms with Crippen molar-refractivity contribution in [1.82, 2.24) is 4.90 Å². The van der Waals surface area contributed by atoms with Gasteiger partial charge in [0.05, 0.1) is 0 Å². The van der Waals surface area contributed by atoms with Crippen molar-refractivity contribution in [3.63, 3.8) is 0 Å². The maximum Gasteiger partial charge on any atom is 0.408 e. The Labute approximate surface area is 95.4 Å². The van der Waals surface area contributed by atoms with E-state index in [2.05, 4.69) is 0 Å². The third-order valence-corrected chi connectivity index (χ3v) is 2.43.